The number of methoxy groups -OCH3 is 1. The molecule has 2 aromatic rings. The molecule has 1 heterocycles. The van der Waals surface area contributed by atoms with E-state index in [1.807, 2.05) is 34.1 Å². The number of carbonyl (C=O) groups is 2. The van der Waals surface area contributed by atoms with Crippen LogP contribution in [0.2, 0.25) is 5.02 Å². The maximum atomic E-state index is 12.7. The smallest absolute Gasteiger partial charge is 0.253 e. The van der Waals surface area contributed by atoms with E-state index in [0.717, 1.165) is 17.7 Å². The van der Waals surface area contributed by atoms with Gasteiger partial charge in [0, 0.05) is 43.2 Å². The monoisotopic (exact) mass is 400 g/mol. The number of amides is 2. The number of hydrogen-bond acceptors (Lipinski definition) is 3. The minimum Gasteiger partial charge on any atom is -0.497 e. The summed E-state index contributed by atoms with van der Waals surface area (Å²) >= 11 is 5.90. The Labute approximate surface area is 170 Å². The van der Waals surface area contributed by atoms with Crippen molar-refractivity contribution in [1.29, 1.82) is 0 Å². The normalized spacial score (nSPS) is 14.5. The number of rotatable bonds is 5. The summed E-state index contributed by atoms with van der Waals surface area (Å²) in [5.74, 6) is 0.858. The van der Waals surface area contributed by atoms with Crippen molar-refractivity contribution in [2.75, 3.05) is 33.3 Å². The van der Waals surface area contributed by atoms with Crippen molar-refractivity contribution in [1.82, 2.24) is 9.80 Å². The summed E-state index contributed by atoms with van der Waals surface area (Å²) in [6.07, 6.45) is 1.95. The summed E-state index contributed by atoms with van der Waals surface area (Å²) in [6.45, 7) is 2.47. The second-order valence-corrected chi connectivity index (χ2v) is 7.32. The number of hydrogen-bond donors (Lipinski definition) is 0. The summed E-state index contributed by atoms with van der Waals surface area (Å²) < 4.78 is 5.14. The highest BCUT2D eigenvalue weighted by Gasteiger charge is 2.22. The van der Waals surface area contributed by atoms with Crippen LogP contribution in [0.3, 0.4) is 0 Å². The molecule has 0 aromatic heterocycles. The van der Waals surface area contributed by atoms with Crippen LogP contribution in [0.1, 0.15) is 28.8 Å². The molecule has 1 fully saturated rings. The van der Waals surface area contributed by atoms with Gasteiger partial charge in [-0.25, -0.2) is 0 Å². The van der Waals surface area contributed by atoms with Crippen molar-refractivity contribution in [3.8, 4) is 5.75 Å². The van der Waals surface area contributed by atoms with Crippen molar-refractivity contribution in [3.05, 3.63) is 64.7 Å². The van der Waals surface area contributed by atoms with Crippen LogP contribution in [-0.2, 0) is 11.2 Å². The molecule has 0 unspecified atom stereocenters. The third kappa shape index (κ3) is 5.26. The van der Waals surface area contributed by atoms with E-state index in [1.54, 1.807) is 31.4 Å². The van der Waals surface area contributed by atoms with Crippen molar-refractivity contribution < 1.29 is 14.3 Å². The lowest BCUT2D eigenvalue weighted by Crippen LogP contribution is -2.37. The maximum absolute atomic E-state index is 12.7. The molecule has 0 spiro atoms. The van der Waals surface area contributed by atoms with E-state index in [2.05, 4.69) is 0 Å². The van der Waals surface area contributed by atoms with Gasteiger partial charge in [0.2, 0.25) is 5.91 Å². The zero-order valence-corrected chi connectivity index (χ0v) is 16.8. The van der Waals surface area contributed by atoms with E-state index in [0.29, 0.717) is 49.6 Å². The molecular weight excluding hydrogens is 376 g/mol. The van der Waals surface area contributed by atoms with Crippen molar-refractivity contribution in [2.24, 2.45) is 0 Å². The minimum absolute atomic E-state index is 0.00174. The zero-order chi connectivity index (χ0) is 19.9. The van der Waals surface area contributed by atoms with Gasteiger partial charge < -0.3 is 14.5 Å². The van der Waals surface area contributed by atoms with Gasteiger partial charge in [0.25, 0.3) is 5.91 Å². The van der Waals surface area contributed by atoms with Gasteiger partial charge in [-0.05, 0) is 54.8 Å². The standard InChI is InChI=1S/C22H25ClN2O3/c1-28-20-10-6-18(7-11-20)22(27)25-14-2-13-24(15-16-25)21(26)12-5-17-3-8-19(23)9-4-17/h3-4,6-11H,2,5,12-16H2,1H3. The average molecular weight is 401 g/mol. The fraction of sp³-hybridized carbons (Fsp3) is 0.364. The van der Waals surface area contributed by atoms with Crippen LogP contribution in [0.4, 0.5) is 0 Å². The number of halogens is 1. The highest BCUT2D eigenvalue weighted by atomic mass is 35.5. The fourth-order valence-electron chi connectivity index (χ4n) is 3.35. The predicted molar refractivity (Wildman–Crippen MR) is 110 cm³/mol. The molecule has 1 saturated heterocycles. The van der Waals surface area contributed by atoms with Crippen LogP contribution in [0, 0.1) is 0 Å². The molecule has 0 saturated carbocycles. The first-order valence-electron chi connectivity index (χ1n) is 9.52. The molecule has 148 valence electrons. The Morgan fingerprint density at radius 3 is 2.25 bits per heavy atom. The van der Waals surface area contributed by atoms with Gasteiger partial charge in [-0.3, -0.25) is 9.59 Å². The highest BCUT2D eigenvalue weighted by Crippen LogP contribution is 2.16. The number of aryl methyl sites for hydroxylation is 1. The molecule has 2 amide bonds. The Bertz CT molecular complexity index is 806. The molecular formula is C22H25ClN2O3. The fourth-order valence-corrected chi connectivity index (χ4v) is 3.47. The van der Waals surface area contributed by atoms with Crippen LogP contribution in [0.25, 0.3) is 0 Å². The zero-order valence-electron chi connectivity index (χ0n) is 16.1. The van der Waals surface area contributed by atoms with Crippen molar-refractivity contribution >= 4 is 23.4 Å². The highest BCUT2D eigenvalue weighted by molar-refractivity contribution is 6.30. The van der Waals surface area contributed by atoms with E-state index in [-0.39, 0.29) is 11.8 Å². The molecule has 0 aliphatic carbocycles. The number of ether oxygens (including phenoxy) is 1. The lowest BCUT2D eigenvalue weighted by atomic mass is 10.1. The molecule has 0 bridgehead atoms. The SMILES string of the molecule is COc1ccc(C(=O)N2CCCN(C(=O)CCc3ccc(Cl)cc3)CC2)cc1. The lowest BCUT2D eigenvalue weighted by molar-refractivity contribution is -0.131. The van der Waals surface area contributed by atoms with Crippen LogP contribution < -0.4 is 4.74 Å². The van der Waals surface area contributed by atoms with Gasteiger partial charge in [0.05, 0.1) is 7.11 Å². The molecule has 1 aliphatic rings. The molecule has 0 radical (unpaired) electrons. The first-order valence-corrected chi connectivity index (χ1v) is 9.90. The molecule has 1 aliphatic heterocycles. The summed E-state index contributed by atoms with van der Waals surface area (Å²) in [4.78, 5) is 29.0. The molecule has 0 N–H and O–H groups in total. The van der Waals surface area contributed by atoms with Gasteiger partial charge in [-0.15, -0.1) is 0 Å². The van der Waals surface area contributed by atoms with E-state index in [9.17, 15) is 9.59 Å². The van der Waals surface area contributed by atoms with E-state index < -0.39 is 0 Å². The quantitative estimate of drug-likeness (QED) is 0.769. The summed E-state index contributed by atoms with van der Waals surface area (Å²) in [6, 6.07) is 14.7. The van der Waals surface area contributed by atoms with Crippen LogP contribution in [-0.4, -0.2) is 54.9 Å². The number of carbonyl (C=O) groups excluding carboxylic acids is 2. The molecule has 2 aromatic carbocycles. The Balaban J connectivity index is 1.52. The topological polar surface area (TPSA) is 49.9 Å². The molecule has 3 rings (SSSR count). The van der Waals surface area contributed by atoms with Gasteiger partial charge in [-0.2, -0.15) is 0 Å². The largest absolute Gasteiger partial charge is 0.497 e. The average Bonchev–Trinajstić information content (AvgIpc) is 2.99. The third-order valence-electron chi connectivity index (χ3n) is 5.01. The second-order valence-electron chi connectivity index (χ2n) is 6.88. The number of benzene rings is 2. The van der Waals surface area contributed by atoms with Crippen molar-refractivity contribution in [3.63, 3.8) is 0 Å². The van der Waals surface area contributed by atoms with E-state index in [1.165, 1.54) is 0 Å². The summed E-state index contributed by atoms with van der Waals surface area (Å²) in [7, 11) is 1.60. The Kier molecular flexibility index (Phi) is 6.93. The van der Waals surface area contributed by atoms with Gasteiger partial charge in [-0.1, -0.05) is 23.7 Å². The summed E-state index contributed by atoms with van der Waals surface area (Å²) in [5, 5.41) is 0.698. The van der Waals surface area contributed by atoms with Gasteiger partial charge in [0.15, 0.2) is 0 Å². The lowest BCUT2D eigenvalue weighted by Gasteiger charge is -2.22. The van der Waals surface area contributed by atoms with Gasteiger partial charge in [0.1, 0.15) is 5.75 Å². The first-order chi connectivity index (χ1) is 13.6. The first kappa shape index (κ1) is 20.2. The number of nitrogens with zero attached hydrogens (tertiary/aromatic N) is 2. The minimum atomic E-state index is -0.00174. The third-order valence-corrected chi connectivity index (χ3v) is 5.27. The Hall–Kier alpha value is -2.53. The summed E-state index contributed by atoms with van der Waals surface area (Å²) in [5.41, 5.74) is 1.74. The Morgan fingerprint density at radius 1 is 0.929 bits per heavy atom. The van der Waals surface area contributed by atoms with Crippen molar-refractivity contribution in [2.45, 2.75) is 19.3 Å². The Morgan fingerprint density at radius 2 is 1.57 bits per heavy atom. The second kappa shape index (κ2) is 9.60. The van der Waals surface area contributed by atoms with Gasteiger partial charge >= 0.3 is 0 Å². The predicted octanol–water partition coefficient (Wildman–Crippen LogP) is 3.66. The van der Waals surface area contributed by atoms with Crippen LogP contribution in [0.15, 0.2) is 48.5 Å². The molecule has 5 nitrogen and oxygen atoms in total. The maximum Gasteiger partial charge on any atom is 0.253 e. The van der Waals surface area contributed by atoms with E-state index >= 15 is 0 Å². The molecule has 6 heteroatoms. The van der Waals surface area contributed by atoms with Crippen LogP contribution >= 0.6 is 11.6 Å². The molecule has 0 atom stereocenters. The van der Waals surface area contributed by atoms with Crippen LogP contribution in [0.5, 0.6) is 5.75 Å². The molecule has 28 heavy (non-hydrogen) atoms. The van der Waals surface area contributed by atoms with E-state index in [4.69, 9.17) is 16.3 Å².